The maximum absolute atomic E-state index is 3.51. The fourth-order valence-corrected chi connectivity index (χ4v) is 2.52. The molecule has 0 saturated heterocycles. The summed E-state index contributed by atoms with van der Waals surface area (Å²) >= 11 is 0. The van der Waals surface area contributed by atoms with Crippen LogP contribution in [0.2, 0.25) is 0 Å². The largest absolute Gasteiger partial charge is 0.354 e. The Morgan fingerprint density at radius 2 is 1.67 bits per heavy atom. The summed E-state index contributed by atoms with van der Waals surface area (Å²) in [4.78, 5) is 0. The van der Waals surface area contributed by atoms with Crippen molar-refractivity contribution in [3.63, 3.8) is 0 Å². The first-order chi connectivity index (χ1) is 10.1. The van der Waals surface area contributed by atoms with Crippen molar-refractivity contribution in [2.75, 3.05) is 5.32 Å². The van der Waals surface area contributed by atoms with Gasteiger partial charge in [0.2, 0.25) is 0 Å². The van der Waals surface area contributed by atoms with E-state index in [2.05, 4.69) is 85.5 Å². The van der Waals surface area contributed by atoms with Crippen LogP contribution in [0, 0.1) is 13.8 Å². The van der Waals surface area contributed by atoms with Crippen LogP contribution in [0.3, 0.4) is 0 Å². The van der Waals surface area contributed by atoms with Crippen molar-refractivity contribution in [2.24, 2.45) is 7.05 Å². The number of rotatable bonds is 3. The van der Waals surface area contributed by atoms with E-state index in [4.69, 9.17) is 0 Å². The highest BCUT2D eigenvalue weighted by Gasteiger charge is 2.06. The van der Waals surface area contributed by atoms with E-state index in [-0.39, 0.29) is 0 Å². The third-order valence-electron chi connectivity index (χ3n) is 3.99. The lowest BCUT2D eigenvalue weighted by molar-refractivity contribution is 0.883. The quantitative estimate of drug-likeness (QED) is 0.708. The predicted octanol–water partition coefficient (Wildman–Crippen LogP) is 5.05. The van der Waals surface area contributed by atoms with Crippen LogP contribution in [0.5, 0.6) is 0 Å². The Hall–Kier alpha value is -2.48. The minimum atomic E-state index is 1.12. The molecule has 0 atom stereocenters. The van der Waals surface area contributed by atoms with E-state index in [1.54, 1.807) is 0 Å². The summed E-state index contributed by atoms with van der Waals surface area (Å²) in [5.41, 5.74) is 7.32. The number of nitrogens with one attached hydrogen (secondary N) is 1. The average molecular weight is 276 g/mol. The van der Waals surface area contributed by atoms with Gasteiger partial charge in [-0.2, -0.15) is 0 Å². The fourth-order valence-electron chi connectivity index (χ4n) is 2.52. The number of hydrogen-bond acceptors (Lipinski definition) is 1. The zero-order valence-corrected chi connectivity index (χ0v) is 12.7. The predicted molar refractivity (Wildman–Crippen MR) is 90.0 cm³/mol. The molecule has 1 heterocycles. The van der Waals surface area contributed by atoms with Gasteiger partial charge in [-0.15, -0.1) is 0 Å². The first-order valence-electron chi connectivity index (χ1n) is 7.20. The van der Waals surface area contributed by atoms with Crippen LogP contribution < -0.4 is 5.32 Å². The average Bonchev–Trinajstić information content (AvgIpc) is 2.82. The van der Waals surface area contributed by atoms with E-state index in [1.807, 2.05) is 6.07 Å². The lowest BCUT2D eigenvalue weighted by Gasteiger charge is -2.11. The Morgan fingerprint density at radius 1 is 0.905 bits per heavy atom. The highest BCUT2D eigenvalue weighted by Crippen LogP contribution is 2.28. The Labute approximate surface area is 126 Å². The summed E-state index contributed by atoms with van der Waals surface area (Å²) in [6.45, 7) is 4.27. The van der Waals surface area contributed by atoms with Gasteiger partial charge in [0, 0.05) is 24.6 Å². The van der Waals surface area contributed by atoms with Crippen LogP contribution in [0.15, 0.2) is 60.8 Å². The highest BCUT2D eigenvalue weighted by atomic mass is 15.0. The molecule has 2 heteroatoms. The molecule has 0 aliphatic carbocycles. The molecule has 0 saturated carbocycles. The number of hydrogen-bond donors (Lipinski definition) is 1. The summed E-state index contributed by atoms with van der Waals surface area (Å²) in [6.07, 6.45) is 2.07. The SMILES string of the molecule is Cc1ccc(Nc2ccn(C)c2C)cc1-c1ccccc1. The molecule has 0 spiro atoms. The van der Waals surface area contributed by atoms with E-state index in [0.717, 1.165) is 11.4 Å². The first-order valence-corrected chi connectivity index (χ1v) is 7.20. The second kappa shape index (κ2) is 5.49. The Bertz CT molecular complexity index is 754. The molecule has 2 nitrogen and oxygen atoms in total. The van der Waals surface area contributed by atoms with Crippen LogP contribution in [-0.2, 0) is 7.05 Å². The monoisotopic (exact) mass is 276 g/mol. The van der Waals surface area contributed by atoms with Gasteiger partial charge >= 0.3 is 0 Å². The molecule has 1 N–H and O–H groups in total. The Morgan fingerprint density at radius 3 is 2.33 bits per heavy atom. The molecule has 0 radical (unpaired) electrons. The van der Waals surface area contributed by atoms with Crippen molar-refractivity contribution in [3.8, 4) is 11.1 Å². The third kappa shape index (κ3) is 2.70. The Balaban J connectivity index is 1.96. The molecule has 2 aromatic carbocycles. The number of aromatic nitrogens is 1. The molecule has 3 aromatic rings. The van der Waals surface area contributed by atoms with Crippen LogP contribution in [0.1, 0.15) is 11.3 Å². The molecule has 0 amide bonds. The number of anilines is 2. The molecule has 1 aromatic heterocycles. The van der Waals surface area contributed by atoms with Crippen molar-refractivity contribution < 1.29 is 0 Å². The van der Waals surface area contributed by atoms with Gasteiger partial charge in [-0.3, -0.25) is 0 Å². The fraction of sp³-hybridized carbons (Fsp3) is 0.158. The van der Waals surface area contributed by atoms with Crippen molar-refractivity contribution in [1.82, 2.24) is 4.57 Å². The minimum Gasteiger partial charge on any atom is -0.354 e. The molecule has 106 valence electrons. The maximum atomic E-state index is 3.51. The summed E-state index contributed by atoms with van der Waals surface area (Å²) in [6, 6.07) is 19.1. The summed E-state index contributed by atoms with van der Waals surface area (Å²) in [5.74, 6) is 0. The molecule has 21 heavy (non-hydrogen) atoms. The van der Waals surface area contributed by atoms with Gasteiger partial charge < -0.3 is 9.88 Å². The summed E-state index contributed by atoms with van der Waals surface area (Å²) in [7, 11) is 2.06. The molecule has 0 fully saturated rings. The summed E-state index contributed by atoms with van der Waals surface area (Å²) < 4.78 is 2.12. The lowest BCUT2D eigenvalue weighted by Crippen LogP contribution is -1.95. The molecule has 3 rings (SSSR count). The highest BCUT2D eigenvalue weighted by molar-refractivity contribution is 5.74. The van der Waals surface area contributed by atoms with Gasteiger partial charge in [-0.25, -0.2) is 0 Å². The maximum Gasteiger partial charge on any atom is 0.0594 e. The zero-order chi connectivity index (χ0) is 14.8. The van der Waals surface area contributed by atoms with Crippen molar-refractivity contribution in [1.29, 1.82) is 0 Å². The van der Waals surface area contributed by atoms with E-state index in [9.17, 15) is 0 Å². The van der Waals surface area contributed by atoms with E-state index in [1.165, 1.54) is 22.4 Å². The lowest BCUT2D eigenvalue weighted by atomic mass is 10.00. The molecule has 0 bridgehead atoms. The number of benzene rings is 2. The molecule has 0 aliphatic rings. The standard InChI is InChI=1S/C19H20N2/c1-14-9-10-17(20-19-11-12-21(3)15(19)2)13-18(14)16-7-5-4-6-8-16/h4-13,20H,1-3H3. The van der Waals surface area contributed by atoms with Gasteiger partial charge in [0.15, 0.2) is 0 Å². The van der Waals surface area contributed by atoms with Crippen LogP contribution in [0.25, 0.3) is 11.1 Å². The van der Waals surface area contributed by atoms with Gasteiger partial charge in [0.05, 0.1) is 5.69 Å². The second-order valence-corrected chi connectivity index (χ2v) is 5.45. The number of aryl methyl sites for hydroxylation is 2. The molecular weight excluding hydrogens is 256 g/mol. The first kappa shape index (κ1) is 13.5. The molecular formula is C19H20N2. The van der Waals surface area contributed by atoms with Gasteiger partial charge in [-0.05, 0) is 48.7 Å². The van der Waals surface area contributed by atoms with Crippen molar-refractivity contribution in [2.45, 2.75) is 13.8 Å². The smallest absolute Gasteiger partial charge is 0.0594 e. The second-order valence-electron chi connectivity index (χ2n) is 5.45. The topological polar surface area (TPSA) is 17.0 Å². The van der Waals surface area contributed by atoms with Gasteiger partial charge in [0.1, 0.15) is 0 Å². The van der Waals surface area contributed by atoms with Crippen molar-refractivity contribution in [3.05, 3.63) is 72.1 Å². The molecule has 0 aliphatic heterocycles. The third-order valence-corrected chi connectivity index (χ3v) is 3.99. The van der Waals surface area contributed by atoms with E-state index >= 15 is 0 Å². The van der Waals surface area contributed by atoms with Gasteiger partial charge in [-0.1, -0.05) is 36.4 Å². The van der Waals surface area contributed by atoms with Crippen LogP contribution in [0.4, 0.5) is 11.4 Å². The zero-order valence-electron chi connectivity index (χ0n) is 12.7. The number of nitrogens with zero attached hydrogens (tertiary/aromatic N) is 1. The van der Waals surface area contributed by atoms with E-state index in [0.29, 0.717) is 0 Å². The van der Waals surface area contributed by atoms with Crippen LogP contribution in [-0.4, -0.2) is 4.57 Å². The van der Waals surface area contributed by atoms with Crippen LogP contribution >= 0.6 is 0 Å². The van der Waals surface area contributed by atoms with Gasteiger partial charge in [0.25, 0.3) is 0 Å². The van der Waals surface area contributed by atoms with Crippen molar-refractivity contribution >= 4 is 11.4 Å². The minimum absolute atomic E-state index is 1.12. The normalized spacial score (nSPS) is 10.6. The Kier molecular flexibility index (Phi) is 3.53. The summed E-state index contributed by atoms with van der Waals surface area (Å²) in [5, 5.41) is 3.51. The molecule has 0 unspecified atom stereocenters. The van der Waals surface area contributed by atoms with E-state index < -0.39 is 0 Å².